The van der Waals surface area contributed by atoms with E-state index in [1.54, 1.807) is 0 Å². The average molecular weight is 549 g/mol. The predicted molar refractivity (Wildman–Crippen MR) is 180 cm³/mol. The van der Waals surface area contributed by atoms with Crippen LogP contribution in [0.2, 0.25) is 0 Å². The molecule has 0 aliphatic carbocycles. The van der Waals surface area contributed by atoms with Crippen LogP contribution in [0, 0.1) is 0 Å². The molecule has 0 N–H and O–H groups in total. The van der Waals surface area contributed by atoms with Crippen molar-refractivity contribution in [3.8, 4) is 11.4 Å². The number of para-hydroxylation sites is 3. The molecule has 0 aliphatic heterocycles. The average Bonchev–Trinajstić information content (AvgIpc) is 3.69. The van der Waals surface area contributed by atoms with Gasteiger partial charge in [-0.15, -0.1) is 0 Å². The zero-order valence-corrected chi connectivity index (χ0v) is 23.2. The Kier molecular flexibility index (Phi) is 4.45. The van der Waals surface area contributed by atoms with E-state index in [1.165, 1.54) is 48.9 Å². The highest BCUT2D eigenvalue weighted by molar-refractivity contribution is 6.22. The first-order valence-electron chi connectivity index (χ1n) is 14.7. The third-order valence-electron chi connectivity index (χ3n) is 9.06. The molecule has 0 amide bonds. The minimum Gasteiger partial charge on any atom is -0.456 e. The van der Waals surface area contributed by atoms with Gasteiger partial charge in [-0.1, -0.05) is 84.9 Å². The van der Waals surface area contributed by atoms with Crippen LogP contribution >= 0.6 is 0 Å². The normalized spacial score (nSPS) is 12.2. The van der Waals surface area contributed by atoms with Gasteiger partial charge >= 0.3 is 0 Å². The molecule has 3 aromatic heterocycles. The highest BCUT2D eigenvalue weighted by atomic mass is 16.3. The van der Waals surface area contributed by atoms with E-state index in [0.29, 0.717) is 0 Å². The summed E-state index contributed by atoms with van der Waals surface area (Å²) < 4.78 is 11.2. The van der Waals surface area contributed by atoms with Gasteiger partial charge in [-0.2, -0.15) is 0 Å². The molecular weight excluding hydrogens is 524 g/mol. The first-order chi connectivity index (χ1) is 21.3. The molecule has 3 heteroatoms. The van der Waals surface area contributed by atoms with Gasteiger partial charge in [0, 0.05) is 49.8 Å². The molecule has 0 radical (unpaired) electrons. The number of aromatic nitrogens is 2. The second-order valence-corrected chi connectivity index (χ2v) is 11.4. The van der Waals surface area contributed by atoms with E-state index in [-0.39, 0.29) is 0 Å². The number of benzene rings is 7. The molecule has 7 aromatic carbocycles. The summed E-state index contributed by atoms with van der Waals surface area (Å²) in [5.41, 5.74) is 8.84. The van der Waals surface area contributed by atoms with E-state index >= 15 is 0 Å². The van der Waals surface area contributed by atoms with E-state index < -0.39 is 0 Å². The topological polar surface area (TPSA) is 23.0 Å². The van der Waals surface area contributed by atoms with E-state index in [1.807, 2.05) is 6.07 Å². The number of fused-ring (bicyclic) bond motifs is 10. The van der Waals surface area contributed by atoms with Gasteiger partial charge in [0.1, 0.15) is 11.2 Å². The van der Waals surface area contributed by atoms with Crippen LogP contribution in [0.15, 0.2) is 150 Å². The Morgan fingerprint density at radius 3 is 1.81 bits per heavy atom. The van der Waals surface area contributed by atoms with E-state index in [4.69, 9.17) is 4.42 Å². The Bertz CT molecular complexity index is 2720. The maximum atomic E-state index is 6.36. The molecule has 200 valence electrons. The maximum Gasteiger partial charge on any atom is 0.137 e. The maximum absolute atomic E-state index is 6.36. The number of nitrogens with zero attached hydrogens (tertiary/aromatic N) is 2. The molecule has 10 aromatic rings. The number of rotatable bonds is 2. The molecule has 0 aliphatic rings. The lowest BCUT2D eigenvalue weighted by Crippen LogP contribution is -1.95. The van der Waals surface area contributed by atoms with Crippen molar-refractivity contribution in [2.45, 2.75) is 0 Å². The molecule has 0 saturated heterocycles. The van der Waals surface area contributed by atoms with Crippen LogP contribution in [0.5, 0.6) is 0 Å². The minimum absolute atomic E-state index is 0.907. The predicted octanol–water partition coefficient (Wildman–Crippen LogP) is 10.9. The fraction of sp³-hybridized carbons (Fsp3) is 0. The van der Waals surface area contributed by atoms with Crippen molar-refractivity contribution in [3.05, 3.63) is 146 Å². The zero-order chi connectivity index (χ0) is 28.1. The summed E-state index contributed by atoms with van der Waals surface area (Å²) in [6, 6.07) is 52.4. The lowest BCUT2D eigenvalue weighted by Gasteiger charge is -2.11. The summed E-state index contributed by atoms with van der Waals surface area (Å²) in [4.78, 5) is 0. The van der Waals surface area contributed by atoms with Crippen molar-refractivity contribution in [3.63, 3.8) is 0 Å². The molecule has 0 saturated carbocycles. The van der Waals surface area contributed by atoms with Gasteiger partial charge in [-0.25, -0.2) is 0 Å². The summed E-state index contributed by atoms with van der Waals surface area (Å²) in [5.74, 6) is 0. The molecule has 10 rings (SSSR count). The van der Waals surface area contributed by atoms with Crippen LogP contribution in [-0.4, -0.2) is 9.13 Å². The molecule has 3 heterocycles. The van der Waals surface area contributed by atoms with Crippen LogP contribution in [0.25, 0.3) is 87.7 Å². The van der Waals surface area contributed by atoms with Crippen molar-refractivity contribution in [1.29, 1.82) is 0 Å². The van der Waals surface area contributed by atoms with Gasteiger partial charge < -0.3 is 13.6 Å². The zero-order valence-electron chi connectivity index (χ0n) is 23.2. The first kappa shape index (κ1) is 22.8. The summed E-state index contributed by atoms with van der Waals surface area (Å²) >= 11 is 0. The Morgan fingerprint density at radius 1 is 0.326 bits per heavy atom. The monoisotopic (exact) mass is 548 g/mol. The molecule has 0 bridgehead atoms. The Labute approximate surface area is 246 Å². The lowest BCUT2D eigenvalue weighted by atomic mass is 10.1. The minimum atomic E-state index is 0.907. The highest BCUT2D eigenvalue weighted by Gasteiger charge is 2.20. The van der Waals surface area contributed by atoms with Gasteiger partial charge in [-0.3, -0.25) is 0 Å². The standard InChI is InChI=1S/C40H24N2O/c1-2-12-27(13-3-1)41-37-23-36-31(21-32(37)33-22-34-30-15-7-9-17-39(30)43-40(34)24-38(33)41)29-14-6-8-16-35(29)42(36)28-19-18-25-10-4-5-11-26(25)20-28/h1-24H. The van der Waals surface area contributed by atoms with Gasteiger partial charge in [0.25, 0.3) is 0 Å². The Balaban J connectivity index is 1.38. The van der Waals surface area contributed by atoms with Crippen molar-refractivity contribution in [1.82, 2.24) is 9.13 Å². The van der Waals surface area contributed by atoms with Crippen LogP contribution in [0.1, 0.15) is 0 Å². The Morgan fingerprint density at radius 2 is 0.953 bits per heavy atom. The van der Waals surface area contributed by atoms with Gasteiger partial charge in [0.2, 0.25) is 0 Å². The van der Waals surface area contributed by atoms with Crippen molar-refractivity contribution < 1.29 is 4.42 Å². The number of hydrogen-bond acceptors (Lipinski definition) is 1. The van der Waals surface area contributed by atoms with E-state index in [0.717, 1.165) is 38.8 Å². The molecule has 0 unspecified atom stereocenters. The summed E-state index contributed by atoms with van der Waals surface area (Å²) in [6.45, 7) is 0. The second-order valence-electron chi connectivity index (χ2n) is 11.4. The van der Waals surface area contributed by atoms with Crippen LogP contribution in [-0.2, 0) is 0 Å². The number of hydrogen-bond donors (Lipinski definition) is 0. The summed E-state index contributed by atoms with van der Waals surface area (Å²) in [5, 5.41) is 9.74. The van der Waals surface area contributed by atoms with Crippen LogP contribution < -0.4 is 0 Å². The lowest BCUT2D eigenvalue weighted by molar-refractivity contribution is 0.669. The molecule has 43 heavy (non-hydrogen) atoms. The Hall–Kier alpha value is -5.80. The van der Waals surface area contributed by atoms with Gasteiger partial charge in [0.05, 0.1) is 22.1 Å². The van der Waals surface area contributed by atoms with E-state index in [2.05, 4.69) is 149 Å². The summed E-state index contributed by atoms with van der Waals surface area (Å²) in [7, 11) is 0. The largest absolute Gasteiger partial charge is 0.456 e. The molecular formula is C40H24N2O. The summed E-state index contributed by atoms with van der Waals surface area (Å²) in [6.07, 6.45) is 0. The van der Waals surface area contributed by atoms with Crippen molar-refractivity contribution in [2.75, 3.05) is 0 Å². The third kappa shape index (κ3) is 3.14. The van der Waals surface area contributed by atoms with Crippen LogP contribution in [0.3, 0.4) is 0 Å². The van der Waals surface area contributed by atoms with Gasteiger partial charge in [0.15, 0.2) is 0 Å². The van der Waals surface area contributed by atoms with Gasteiger partial charge in [-0.05, 0) is 65.4 Å². The molecule has 3 nitrogen and oxygen atoms in total. The molecule has 0 spiro atoms. The fourth-order valence-electron chi connectivity index (χ4n) is 7.15. The number of furan rings is 1. The molecule has 0 atom stereocenters. The molecule has 0 fully saturated rings. The second kappa shape index (κ2) is 8.37. The smallest absolute Gasteiger partial charge is 0.137 e. The van der Waals surface area contributed by atoms with Crippen molar-refractivity contribution in [2.24, 2.45) is 0 Å². The van der Waals surface area contributed by atoms with E-state index in [9.17, 15) is 0 Å². The SMILES string of the molecule is c1ccc(-n2c3cc4oc5ccccc5c4cc3c3cc4c5ccccc5n(-c5ccc6ccccc6c5)c4cc32)cc1. The van der Waals surface area contributed by atoms with Crippen LogP contribution in [0.4, 0.5) is 0 Å². The third-order valence-corrected chi connectivity index (χ3v) is 9.06. The quantitative estimate of drug-likeness (QED) is 0.211. The fourth-order valence-corrected chi connectivity index (χ4v) is 7.15. The van der Waals surface area contributed by atoms with Crippen molar-refractivity contribution >= 4 is 76.3 Å². The first-order valence-corrected chi connectivity index (χ1v) is 14.7. The highest BCUT2D eigenvalue weighted by Crippen LogP contribution is 2.42.